The molecule has 10 heteroatoms. The highest BCUT2D eigenvalue weighted by molar-refractivity contribution is 7.92. The molecule has 35 heavy (non-hydrogen) atoms. The SMILES string of the molecule is CC(C)(C)c1ccc2c(c1)C1(CCN(CCC(F)(F)F)CC1)CN2S(=O)(=O)c1c(F)cccc1F. The van der Waals surface area contributed by atoms with Crippen LogP contribution in [0.2, 0.25) is 0 Å². The zero-order chi connectivity index (χ0) is 25.8. The second-order valence-corrected chi connectivity index (χ2v) is 12.3. The molecule has 4 rings (SSSR count). The van der Waals surface area contributed by atoms with Crippen LogP contribution in [0.5, 0.6) is 0 Å². The number of benzene rings is 2. The molecule has 1 saturated heterocycles. The summed E-state index contributed by atoms with van der Waals surface area (Å²) in [6.45, 7) is 6.70. The van der Waals surface area contributed by atoms with E-state index in [9.17, 15) is 30.4 Å². The van der Waals surface area contributed by atoms with Gasteiger partial charge < -0.3 is 4.90 Å². The molecule has 4 nitrogen and oxygen atoms in total. The lowest BCUT2D eigenvalue weighted by atomic mass is 9.72. The molecule has 0 unspecified atom stereocenters. The van der Waals surface area contributed by atoms with Crippen molar-refractivity contribution in [3.8, 4) is 0 Å². The zero-order valence-electron chi connectivity index (χ0n) is 19.9. The molecule has 2 aliphatic heterocycles. The van der Waals surface area contributed by atoms with Crippen LogP contribution in [0.1, 0.15) is 51.2 Å². The van der Waals surface area contributed by atoms with E-state index >= 15 is 0 Å². The molecule has 2 aromatic carbocycles. The van der Waals surface area contributed by atoms with Gasteiger partial charge in [-0.05, 0) is 60.7 Å². The third-order valence-corrected chi connectivity index (χ3v) is 8.95. The van der Waals surface area contributed by atoms with Crippen molar-refractivity contribution in [1.29, 1.82) is 0 Å². The monoisotopic (exact) mass is 516 g/mol. The fourth-order valence-electron chi connectivity index (χ4n) is 5.06. The number of likely N-dealkylation sites (tertiary alicyclic amines) is 1. The first kappa shape index (κ1) is 25.9. The van der Waals surface area contributed by atoms with Crippen LogP contribution in [0.4, 0.5) is 27.6 Å². The van der Waals surface area contributed by atoms with Crippen molar-refractivity contribution >= 4 is 15.7 Å². The predicted octanol–water partition coefficient (Wildman–Crippen LogP) is 5.76. The number of anilines is 1. The average Bonchev–Trinajstić information content (AvgIpc) is 3.06. The van der Waals surface area contributed by atoms with Gasteiger partial charge in [0.1, 0.15) is 11.6 Å². The minimum Gasteiger partial charge on any atom is -0.303 e. The van der Waals surface area contributed by atoms with Crippen molar-refractivity contribution in [3.05, 3.63) is 59.2 Å². The molecule has 0 bridgehead atoms. The lowest BCUT2D eigenvalue weighted by Crippen LogP contribution is -2.46. The molecule has 192 valence electrons. The van der Waals surface area contributed by atoms with Crippen molar-refractivity contribution in [2.45, 2.75) is 61.9 Å². The topological polar surface area (TPSA) is 40.6 Å². The first-order chi connectivity index (χ1) is 16.1. The van der Waals surface area contributed by atoms with Gasteiger partial charge in [0.15, 0.2) is 4.90 Å². The molecule has 0 atom stereocenters. The third-order valence-electron chi connectivity index (χ3n) is 7.14. The molecular weight excluding hydrogens is 487 g/mol. The molecule has 2 aliphatic rings. The minimum atomic E-state index is -4.56. The Balaban J connectivity index is 1.74. The maximum atomic E-state index is 14.5. The first-order valence-electron chi connectivity index (χ1n) is 11.5. The van der Waals surface area contributed by atoms with E-state index in [0.717, 1.165) is 33.6 Å². The number of rotatable bonds is 4. The summed E-state index contributed by atoms with van der Waals surface area (Å²) in [5.74, 6) is -2.33. The fraction of sp³-hybridized carbons (Fsp3) is 0.520. The Labute approximate surface area is 202 Å². The van der Waals surface area contributed by atoms with Crippen molar-refractivity contribution in [2.75, 3.05) is 30.5 Å². The van der Waals surface area contributed by atoms with Crippen molar-refractivity contribution < 1.29 is 30.4 Å². The van der Waals surface area contributed by atoms with E-state index in [2.05, 4.69) is 0 Å². The Morgan fingerprint density at radius 2 is 1.57 bits per heavy atom. The number of halogens is 5. The number of piperidine rings is 1. The molecule has 2 aromatic rings. The quantitative estimate of drug-likeness (QED) is 0.486. The van der Waals surface area contributed by atoms with Gasteiger partial charge in [0, 0.05) is 18.5 Å². The van der Waals surface area contributed by atoms with Gasteiger partial charge in [-0.1, -0.05) is 39.0 Å². The van der Waals surface area contributed by atoms with Gasteiger partial charge in [-0.2, -0.15) is 13.2 Å². The summed E-state index contributed by atoms with van der Waals surface area (Å²) < 4.78 is 95.3. The highest BCUT2D eigenvalue weighted by atomic mass is 32.2. The molecule has 0 radical (unpaired) electrons. The van der Waals surface area contributed by atoms with E-state index < -0.39 is 44.6 Å². The Morgan fingerprint density at radius 1 is 0.971 bits per heavy atom. The lowest BCUT2D eigenvalue weighted by molar-refractivity contribution is -0.138. The molecule has 0 N–H and O–H groups in total. The van der Waals surface area contributed by atoms with Gasteiger partial charge in [-0.25, -0.2) is 17.2 Å². The van der Waals surface area contributed by atoms with E-state index in [0.29, 0.717) is 31.6 Å². The van der Waals surface area contributed by atoms with Gasteiger partial charge in [0.05, 0.1) is 12.1 Å². The van der Waals surface area contributed by atoms with Crippen LogP contribution in [0, 0.1) is 11.6 Å². The van der Waals surface area contributed by atoms with Crippen molar-refractivity contribution in [3.63, 3.8) is 0 Å². The van der Waals surface area contributed by atoms with E-state index in [4.69, 9.17) is 0 Å². The normalized spacial score (nSPS) is 18.8. The number of fused-ring (bicyclic) bond motifs is 2. The van der Waals surface area contributed by atoms with Crippen LogP contribution in [-0.2, 0) is 20.9 Å². The molecule has 0 aromatic heterocycles. The molecule has 0 saturated carbocycles. The molecule has 1 spiro atoms. The maximum Gasteiger partial charge on any atom is 0.390 e. The van der Waals surface area contributed by atoms with Crippen LogP contribution in [0.25, 0.3) is 0 Å². The zero-order valence-corrected chi connectivity index (χ0v) is 20.7. The Bertz CT molecular complexity index is 1190. The molecule has 0 amide bonds. The smallest absolute Gasteiger partial charge is 0.303 e. The van der Waals surface area contributed by atoms with Crippen LogP contribution >= 0.6 is 0 Å². The van der Waals surface area contributed by atoms with Gasteiger partial charge in [0.25, 0.3) is 10.0 Å². The van der Waals surface area contributed by atoms with Gasteiger partial charge in [-0.3, -0.25) is 4.31 Å². The summed E-state index contributed by atoms with van der Waals surface area (Å²) in [6, 6.07) is 8.37. The van der Waals surface area contributed by atoms with E-state index in [1.807, 2.05) is 32.9 Å². The Hall–Kier alpha value is -2.20. The van der Waals surface area contributed by atoms with Crippen molar-refractivity contribution in [2.24, 2.45) is 0 Å². The molecule has 1 fully saturated rings. The van der Waals surface area contributed by atoms with Crippen LogP contribution < -0.4 is 4.31 Å². The number of sulfonamides is 1. The highest BCUT2D eigenvalue weighted by Crippen LogP contribution is 2.50. The summed E-state index contributed by atoms with van der Waals surface area (Å²) in [6.07, 6.45) is -4.27. The molecule has 2 heterocycles. The van der Waals surface area contributed by atoms with Crippen LogP contribution in [-0.4, -0.2) is 45.7 Å². The van der Waals surface area contributed by atoms with Gasteiger partial charge in [-0.15, -0.1) is 0 Å². The number of nitrogens with zero attached hydrogens (tertiary/aromatic N) is 2. The third kappa shape index (κ3) is 4.91. The van der Waals surface area contributed by atoms with Crippen molar-refractivity contribution in [1.82, 2.24) is 4.90 Å². The lowest BCUT2D eigenvalue weighted by Gasteiger charge is -2.40. The number of hydrogen-bond acceptors (Lipinski definition) is 3. The Morgan fingerprint density at radius 3 is 2.11 bits per heavy atom. The van der Waals surface area contributed by atoms with E-state index in [1.54, 1.807) is 11.0 Å². The summed E-state index contributed by atoms with van der Waals surface area (Å²) in [7, 11) is -4.56. The predicted molar refractivity (Wildman–Crippen MR) is 124 cm³/mol. The average molecular weight is 517 g/mol. The van der Waals surface area contributed by atoms with Gasteiger partial charge in [0.2, 0.25) is 0 Å². The van der Waals surface area contributed by atoms with Gasteiger partial charge >= 0.3 is 6.18 Å². The standard InChI is InChI=1S/C25H29F5N2O2S/c1-23(2,3)17-7-8-21-18(15-17)24(9-12-31(13-10-24)14-11-25(28,29)30)16-32(21)35(33,34)22-19(26)5-4-6-20(22)27/h4-8,15H,9-14,16H2,1-3H3. The Kier molecular flexibility index (Phi) is 6.45. The van der Waals surface area contributed by atoms with Crippen LogP contribution in [0.15, 0.2) is 41.3 Å². The fourth-order valence-corrected chi connectivity index (χ4v) is 6.75. The second kappa shape index (κ2) is 8.73. The summed E-state index contributed by atoms with van der Waals surface area (Å²) in [4.78, 5) is 0.741. The second-order valence-electron chi connectivity index (χ2n) is 10.5. The summed E-state index contributed by atoms with van der Waals surface area (Å²) in [5, 5.41) is 0. The summed E-state index contributed by atoms with van der Waals surface area (Å²) >= 11 is 0. The van der Waals surface area contributed by atoms with E-state index in [1.165, 1.54) is 0 Å². The number of hydrogen-bond donors (Lipinski definition) is 0. The maximum absolute atomic E-state index is 14.5. The highest BCUT2D eigenvalue weighted by Gasteiger charge is 2.49. The molecular formula is C25H29F5N2O2S. The number of alkyl halides is 3. The first-order valence-corrected chi connectivity index (χ1v) is 13.0. The summed E-state index contributed by atoms with van der Waals surface area (Å²) in [5.41, 5.74) is 1.23. The molecule has 0 aliphatic carbocycles. The largest absolute Gasteiger partial charge is 0.390 e. The van der Waals surface area contributed by atoms with E-state index in [-0.39, 0.29) is 18.5 Å². The minimum absolute atomic E-state index is 0.0147. The van der Waals surface area contributed by atoms with Crippen LogP contribution in [0.3, 0.4) is 0 Å².